The number of fused-ring (bicyclic) bond motifs is 2. The van der Waals surface area contributed by atoms with Crippen LogP contribution in [0.5, 0.6) is 5.75 Å². The maximum absolute atomic E-state index is 12.6. The third-order valence-corrected chi connectivity index (χ3v) is 8.52. The fourth-order valence-corrected chi connectivity index (χ4v) is 6.53. The van der Waals surface area contributed by atoms with Crippen molar-refractivity contribution in [2.24, 2.45) is 0 Å². The molecule has 0 bridgehead atoms. The Labute approximate surface area is 223 Å². The van der Waals surface area contributed by atoms with E-state index in [1.54, 1.807) is 7.11 Å². The van der Waals surface area contributed by atoms with Crippen LogP contribution in [0.2, 0.25) is 0 Å². The Morgan fingerprint density at radius 1 is 1.08 bits per heavy atom. The number of methoxy groups -OCH3 is 1. The highest BCUT2D eigenvalue weighted by atomic mass is 16.5. The maximum atomic E-state index is 12.6. The van der Waals surface area contributed by atoms with E-state index >= 15 is 0 Å². The minimum absolute atomic E-state index is 0.0150. The molecule has 6 rings (SSSR count). The Balaban J connectivity index is 1.08. The van der Waals surface area contributed by atoms with E-state index in [0.717, 1.165) is 75.1 Å². The van der Waals surface area contributed by atoms with Crippen LogP contribution in [0.15, 0.2) is 71.8 Å². The van der Waals surface area contributed by atoms with Crippen LogP contribution in [0.4, 0.5) is 0 Å². The van der Waals surface area contributed by atoms with Gasteiger partial charge in [0.15, 0.2) is 0 Å². The summed E-state index contributed by atoms with van der Waals surface area (Å²) in [6, 6.07) is 19.5. The predicted octanol–water partition coefficient (Wildman–Crippen LogP) is 4.30. The first-order valence-electron chi connectivity index (χ1n) is 13.9. The van der Waals surface area contributed by atoms with E-state index in [1.807, 2.05) is 47.3 Å². The molecule has 1 aliphatic carbocycles. The summed E-state index contributed by atoms with van der Waals surface area (Å²) in [6.45, 7) is 4.04. The number of pyridine rings is 1. The maximum Gasteiger partial charge on any atom is 0.326 e. The Morgan fingerprint density at radius 2 is 1.95 bits per heavy atom. The van der Waals surface area contributed by atoms with Crippen LogP contribution in [0.25, 0.3) is 11.0 Å². The molecule has 198 valence electrons. The molecule has 0 amide bonds. The Hall–Kier alpha value is -3.42. The molecule has 4 aromatic rings. The van der Waals surface area contributed by atoms with E-state index < -0.39 is 0 Å². The van der Waals surface area contributed by atoms with Crippen molar-refractivity contribution in [3.63, 3.8) is 0 Å². The van der Waals surface area contributed by atoms with Gasteiger partial charge in [-0.1, -0.05) is 24.3 Å². The highest BCUT2D eigenvalue weighted by molar-refractivity contribution is 5.75. The van der Waals surface area contributed by atoms with E-state index in [-0.39, 0.29) is 11.7 Å². The zero-order valence-electron chi connectivity index (χ0n) is 22.1. The van der Waals surface area contributed by atoms with Gasteiger partial charge in [0.25, 0.3) is 0 Å². The number of hydrogen-bond acceptors (Lipinski definition) is 5. The molecular weight excluding hydrogens is 474 g/mol. The van der Waals surface area contributed by atoms with Crippen molar-refractivity contribution >= 4 is 11.0 Å². The van der Waals surface area contributed by atoms with Crippen LogP contribution in [-0.4, -0.2) is 58.8 Å². The number of likely N-dealkylation sites (tertiary alicyclic amines) is 1. The van der Waals surface area contributed by atoms with Crippen molar-refractivity contribution in [1.82, 2.24) is 24.8 Å². The smallest absolute Gasteiger partial charge is 0.326 e. The first-order valence-corrected chi connectivity index (χ1v) is 13.9. The molecular formula is C31H37N5O2. The Kier molecular flexibility index (Phi) is 7.29. The zero-order valence-corrected chi connectivity index (χ0v) is 22.1. The normalized spacial score (nSPS) is 20.4. The number of nitrogens with one attached hydrogen (secondary N) is 2. The van der Waals surface area contributed by atoms with Gasteiger partial charge in [0.05, 0.1) is 18.1 Å². The lowest BCUT2D eigenvalue weighted by Gasteiger charge is -2.36. The van der Waals surface area contributed by atoms with Gasteiger partial charge in [0.1, 0.15) is 5.75 Å². The molecule has 0 radical (unpaired) electrons. The molecule has 7 heteroatoms. The van der Waals surface area contributed by atoms with Gasteiger partial charge in [-0.2, -0.15) is 0 Å². The largest absolute Gasteiger partial charge is 0.497 e. The monoisotopic (exact) mass is 511 g/mol. The zero-order chi connectivity index (χ0) is 25.9. The SMILES string of the molecule is COc1ccc2c(c1)CCC(NCCN1CCC(n3c(=O)[nH]c4ccccc43)CC1)C2Cc1cccnc1. The lowest BCUT2D eigenvalue weighted by atomic mass is 9.76. The van der Waals surface area contributed by atoms with Gasteiger partial charge in [0, 0.05) is 56.6 Å². The summed E-state index contributed by atoms with van der Waals surface area (Å²) in [7, 11) is 1.74. The molecule has 1 fully saturated rings. The van der Waals surface area contributed by atoms with Gasteiger partial charge in [0.2, 0.25) is 0 Å². The van der Waals surface area contributed by atoms with Crippen molar-refractivity contribution in [2.45, 2.75) is 50.1 Å². The molecule has 7 nitrogen and oxygen atoms in total. The third kappa shape index (κ3) is 5.13. The van der Waals surface area contributed by atoms with Crippen LogP contribution in [-0.2, 0) is 12.8 Å². The number of nitrogens with zero attached hydrogens (tertiary/aromatic N) is 3. The lowest BCUT2D eigenvalue weighted by Crippen LogP contribution is -2.45. The molecule has 2 atom stereocenters. The summed E-state index contributed by atoms with van der Waals surface area (Å²) in [4.78, 5) is 22.5. The summed E-state index contributed by atoms with van der Waals surface area (Å²) in [6.07, 6.45) is 9.02. The number of hydrogen-bond donors (Lipinski definition) is 2. The predicted molar refractivity (Wildman–Crippen MR) is 151 cm³/mol. The van der Waals surface area contributed by atoms with Gasteiger partial charge < -0.3 is 19.9 Å². The summed E-state index contributed by atoms with van der Waals surface area (Å²) < 4.78 is 7.47. The topological polar surface area (TPSA) is 75.2 Å². The van der Waals surface area contributed by atoms with Crippen LogP contribution < -0.4 is 15.7 Å². The van der Waals surface area contributed by atoms with Crippen molar-refractivity contribution < 1.29 is 4.74 Å². The molecule has 2 aromatic carbocycles. The van der Waals surface area contributed by atoms with Crippen molar-refractivity contribution in [3.05, 3.63) is 94.2 Å². The van der Waals surface area contributed by atoms with Crippen LogP contribution >= 0.6 is 0 Å². The number of benzene rings is 2. The minimum Gasteiger partial charge on any atom is -0.497 e. The first-order chi connectivity index (χ1) is 18.7. The number of piperidine rings is 1. The molecule has 38 heavy (non-hydrogen) atoms. The molecule has 2 unspecified atom stereocenters. The molecule has 2 aromatic heterocycles. The highest BCUT2D eigenvalue weighted by Gasteiger charge is 2.30. The summed E-state index contributed by atoms with van der Waals surface area (Å²) in [5, 5.41) is 3.93. The van der Waals surface area contributed by atoms with E-state index in [4.69, 9.17) is 4.74 Å². The fraction of sp³-hybridized carbons (Fsp3) is 0.419. The van der Waals surface area contributed by atoms with E-state index in [2.05, 4.69) is 44.5 Å². The summed E-state index contributed by atoms with van der Waals surface area (Å²) in [5.74, 6) is 1.35. The average molecular weight is 512 g/mol. The quantitative estimate of drug-likeness (QED) is 0.369. The van der Waals surface area contributed by atoms with E-state index in [1.165, 1.54) is 16.7 Å². The van der Waals surface area contributed by atoms with Gasteiger partial charge >= 0.3 is 5.69 Å². The number of aromatic amines is 1. The number of para-hydroxylation sites is 2. The Morgan fingerprint density at radius 3 is 2.76 bits per heavy atom. The molecule has 3 heterocycles. The summed E-state index contributed by atoms with van der Waals surface area (Å²) >= 11 is 0. The van der Waals surface area contributed by atoms with Crippen molar-refractivity contribution in [2.75, 3.05) is 33.3 Å². The minimum atomic E-state index is 0.0150. The molecule has 0 spiro atoms. The number of rotatable bonds is 8. The number of ether oxygens (including phenoxy) is 1. The van der Waals surface area contributed by atoms with Crippen molar-refractivity contribution in [1.29, 1.82) is 0 Å². The van der Waals surface area contributed by atoms with E-state index in [0.29, 0.717) is 12.0 Å². The second-order valence-electron chi connectivity index (χ2n) is 10.7. The average Bonchev–Trinajstić information content (AvgIpc) is 3.30. The van der Waals surface area contributed by atoms with Gasteiger partial charge in [-0.15, -0.1) is 0 Å². The standard InChI is InChI=1S/C31H37N5O2/c1-38-25-9-10-26-23(20-25)8-11-28(27(26)19-22-5-4-14-32-21-22)33-15-18-35-16-12-24(13-17-35)36-30-7-3-2-6-29(30)34-31(36)37/h2-7,9-10,14,20-21,24,27-28,33H,8,11-13,15-19H2,1H3,(H,34,37). The van der Waals surface area contributed by atoms with Crippen LogP contribution in [0.3, 0.4) is 0 Å². The number of aromatic nitrogens is 3. The second-order valence-corrected chi connectivity index (χ2v) is 10.7. The molecule has 0 saturated carbocycles. The second kappa shape index (κ2) is 11.1. The molecule has 2 N–H and O–H groups in total. The highest BCUT2D eigenvalue weighted by Crippen LogP contribution is 2.36. The van der Waals surface area contributed by atoms with Crippen molar-refractivity contribution in [3.8, 4) is 5.75 Å². The summed E-state index contributed by atoms with van der Waals surface area (Å²) in [5.41, 5.74) is 6.09. The van der Waals surface area contributed by atoms with Crippen LogP contribution in [0.1, 0.15) is 47.9 Å². The van der Waals surface area contributed by atoms with Gasteiger partial charge in [-0.3, -0.25) is 9.55 Å². The number of H-pyrrole nitrogens is 1. The van der Waals surface area contributed by atoms with Gasteiger partial charge in [-0.25, -0.2) is 4.79 Å². The lowest BCUT2D eigenvalue weighted by molar-refractivity contribution is 0.184. The Bertz CT molecular complexity index is 1420. The molecule has 1 aliphatic heterocycles. The number of imidazole rings is 1. The van der Waals surface area contributed by atoms with Gasteiger partial charge in [-0.05, 0) is 79.1 Å². The first kappa shape index (κ1) is 24.9. The molecule has 1 saturated heterocycles. The third-order valence-electron chi connectivity index (χ3n) is 8.52. The fourth-order valence-electron chi connectivity index (χ4n) is 6.53. The number of aryl methyl sites for hydroxylation is 1. The molecule has 2 aliphatic rings. The van der Waals surface area contributed by atoms with Crippen LogP contribution in [0, 0.1) is 0 Å². The van der Waals surface area contributed by atoms with E-state index in [9.17, 15) is 4.79 Å².